The van der Waals surface area contributed by atoms with Crippen molar-refractivity contribution >= 4 is 29.7 Å². The number of rotatable bonds is 14. The third-order valence-corrected chi connectivity index (χ3v) is 7.36. The first kappa shape index (κ1) is 34.8. The molecule has 0 fully saturated rings. The minimum absolute atomic E-state index is 0.295. The second-order valence-electron chi connectivity index (χ2n) is 11.9. The molecule has 42 heavy (non-hydrogen) atoms. The van der Waals surface area contributed by atoms with Crippen LogP contribution in [0.1, 0.15) is 83.5 Å². The zero-order valence-corrected chi connectivity index (χ0v) is 26.9. The molecule has 0 aliphatic heterocycles. The molecule has 228 valence electrons. The van der Waals surface area contributed by atoms with Gasteiger partial charge in [0.1, 0.15) is 17.7 Å². The van der Waals surface area contributed by atoms with E-state index in [2.05, 4.69) is 30.4 Å². The summed E-state index contributed by atoms with van der Waals surface area (Å²) in [6, 6.07) is 14.7. The number of hydrogen-bond donors (Lipinski definition) is 2. The normalized spacial score (nSPS) is 13.4. The number of hydrogen-bond acceptors (Lipinski definition) is 5. The van der Waals surface area contributed by atoms with Gasteiger partial charge in [0.25, 0.3) is 0 Å². The summed E-state index contributed by atoms with van der Waals surface area (Å²) in [7, 11) is 0. The number of thioether (sulfide) groups is 1. The number of ether oxygens (including phenoxy) is 1. The molecule has 0 saturated carbocycles. The van der Waals surface area contributed by atoms with Crippen LogP contribution in [-0.4, -0.2) is 52.5 Å². The summed E-state index contributed by atoms with van der Waals surface area (Å²) in [5.41, 5.74) is 1.55. The molecule has 3 atom stereocenters. The second kappa shape index (κ2) is 16.9. The van der Waals surface area contributed by atoms with E-state index in [1.807, 2.05) is 43.5 Å². The van der Waals surface area contributed by atoms with E-state index in [4.69, 9.17) is 11.2 Å². The van der Waals surface area contributed by atoms with Gasteiger partial charge in [0.15, 0.2) is 0 Å². The molecule has 0 bridgehead atoms. The molecule has 2 N–H and O–H groups in total. The standard InChI is InChI=1S/C34H47N3O4S/c1-9-26-17-19-28(20-18-26)30(31(38)35-23-27-13-11-10-12-14-27)37(25(4)16-15-24(2)3)32(39)29(21-22-42-8)36-33(40)41-34(5,6)7/h1,10-14,17-20,24-25,29-30H,15-16,21-23H2,2-8H3,(H,35,38)(H,36,40). The van der Waals surface area contributed by atoms with Gasteiger partial charge in [0, 0.05) is 18.2 Å². The number of carbonyl (C=O) groups excluding carboxylic acids is 3. The van der Waals surface area contributed by atoms with Crippen LogP contribution >= 0.6 is 11.8 Å². The van der Waals surface area contributed by atoms with Gasteiger partial charge in [-0.2, -0.15) is 11.8 Å². The van der Waals surface area contributed by atoms with E-state index in [9.17, 15) is 14.4 Å². The number of benzene rings is 2. The molecule has 2 rings (SSSR count). The Morgan fingerprint density at radius 1 is 0.976 bits per heavy atom. The summed E-state index contributed by atoms with van der Waals surface area (Å²) >= 11 is 1.58. The van der Waals surface area contributed by atoms with Crippen molar-refractivity contribution in [1.82, 2.24) is 15.5 Å². The number of alkyl carbamates (subject to hydrolysis) is 1. The topological polar surface area (TPSA) is 87.7 Å². The SMILES string of the molecule is C#Cc1ccc(C(C(=O)NCc2ccccc2)N(C(=O)C(CCSC)NC(=O)OC(C)(C)C)C(C)CCC(C)C)cc1. The first-order valence-corrected chi connectivity index (χ1v) is 15.9. The minimum atomic E-state index is -0.938. The van der Waals surface area contributed by atoms with E-state index in [0.717, 1.165) is 12.0 Å². The molecule has 2 aromatic rings. The molecule has 3 amide bonds. The maximum atomic E-state index is 14.5. The maximum absolute atomic E-state index is 14.5. The van der Waals surface area contributed by atoms with E-state index >= 15 is 0 Å². The highest BCUT2D eigenvalue weighted by Crippen LogP contribution is 2.28. The smallest absolute Gasteiger partial charge is 0.408 e. The quantitative estimate of drug-likeness (QED) is 0.250. The van der Waals surface area contributed by atoms with E-state index < -0.39 is 23.8 Å². The molecule has 0 spiro atoms. The van der Waals surface area contributed by atoms with Crippen LogP contribution in [0.25, 0.3) is 0 Å². The van der Waals surface area contributed by atoms with Crippen LogP contribution in [-0.2, 0) is 20.9 Å². The van der Waals surface area contributed by atoms with E-state index in [-0.39, 0.29) is 17.9 Å². The zero-order valence-electron chi connectivity index (χ0n) is 26.1. The van der Waals surface area contributed by atoms with Crippen LogP contribution in [0.2, 0.25) is 0 Å². The minimum Gasteiger partial charge on any atom is -0.444 e. The van der Waals surface area contributed by atoms with Crippen molar-refractivity contribution < 1.29 is 19.1 Å². The Morgan fingerprint density at radius 3 is 2.17 bits per heavy atom. The van der Waals surface area contributed by atoms with Crippen molar-refractivity contribution in [3.05, 3.63) is 71.3 Å². The molecule has 0 aliphatic carbocycles. The van der Waals surface area contributed by atoms with Gasteiger partial charge >= 0.3 is 6.09 Å². The lowest BCUT2D eigenvalue weighted by atomic mass is 9.96. The highest BCUT2D eigenvalue weighted by molar-refractivity contribution is 7.98. The number of terminal acetylenes is 1. The average molecular weight is 594 g/mol. The van der Waals surface area contributed by atoms with E-state index in [1.165, 1.54) is 0 Å². The van der Waals surface area contributed by atoms with Gasteiger partial charge in [-0.3, -0.25) is 9.59 Å². The molecular weight excluding hydrogens is 546 g/mol. The van der Waals surface area contributed by atoms with Crippen molar-refractivity contribution in [1.29, 1.82) is 0 Å². The van der Waals surface area contributed by atoms with Gasteiger partial charge in [-0.25, -0.2) is 4.79 Å². The highest BCUT2D eigenvalue weighted by Gasteiger charge is 2.38. The fourth-order valence-electron chi connectivity index (χ4n) is 4.52. The number of amides is 3. The Balaban J connectivity index is 2.56. The lowest BCUT2D eigenvalue weighted by Gasteiger charge is -2.39. The Morgan fingerprint density at radius 2 is 1.62 bits per heavy atom. The average Bonchev–Trinajstić information content (AvgIpc) is 2.94. The molecular formula is C34H47N3O4S. The van der Waals surface area contributed by atoms with Gasteiger partial charge in [0.2, 0.25) is 11.8 Å². The maximum Gasteiger partial charge on any atom is 0.408 e. The summed E-state index contributed by atoms with van der Waals surface area (Å²) in [6.45, 7) is 11.9. The van der Waals surface area contributed by atoms with Crippen LogP contribution in [0, 0.1) is 18.3 Å². The molecule has 8 heteroatoms. The first-order valence-electron chi connectivity index (χ1n) is 14.5. The molecule has 0 aromatic heterocycles. The van der Waals surface area contributed by atoms with Crippen LogP contribution < -0.4 is 10.6 Å². The number of nitrogens with one attached hydrogen (secondary N) is 2. The van der Waals surface area contributed by atoms with Gasteiger partial charge in [-0.1, -0.05) is 62.2 Å². The van der Waals surface area contributed by atoms with Crippen LogP contribution in [0.15, 0.2) is 54.6 Å². The van der Waals surface area contributed by atoms with Crippen LogP contribution in [0.3, 0.4) is 0 Å². The Labute approximate surface area is 256 Å². The zero-order chi connectivity index (χ0) is 31.3. The summed E-state index contributed by atoms with van der Waals surface area (Å²) < 4.78 is 5.50. The monoisotopic (exact) mass is 593 g/mol. The lowest BCUT2D eigenvalue weighted by Crippen LogP contribution is -2.55. The molecule has 7 nitrogen and oxygen atoms in total. The van der Waals surface area contributed by atoms with Crippen LogP contribution in [0.4, 0.5) is 4.79 Å². The van der Waals surface area contributed by atoms with Crippen molar-refractivity contribution in [2.45, 2.75) is 91.1 Å². The van der Waals surface area contributed by atoms with E-state index in [0.29, 0.717) is 42.2 Å². The predicted molar refractivity (Wildman–Crippen MR) is 172 cm³/mol. The molecule has 0 heterocycles. The first-order chi connectivity index (χ1) is 19.9. The highest BCUT2D eigenvalue weighted by atomic mass is 32.2. The van der Waals surface area contributed by atoms with Gasteiger partial charge in [-0.05, 0) is 88.1 Å². The van der Waals surface area contributed by atoms with Crippen molar-refractivity contribution in [2.24, 2.45) is 5.92 Å². The number of nitrogens with zero attached hydrogens (tertiary/aromatic N) is 1. The summed E-state index contributed by atoms with van der Waals surface area (Å²) in [5.74, 6) is 3.03. The largest absolute Gasteiger partial charge is 0.444 e. The summed E-state index contributed by atoms with van der Waals surface area (Å²) in [5, 5.41) is 5.85. The number of carbonyl (C=O) groups is 3. The van der Waals surface area contributed by atoms with Gasteiger partial charge < -0.3 is 20.3 Å². The van der Waals surface area contributed by atoms with Gasteiger partial charge in [0.05, 0.1) is 0 Å². The van der Waals surface area contributed by atoms with Crippen molar-refractivity contribution in [3.8, 4) is 12.3 Å². The predicted octanol–water partition coefficient (Wildman–Crippen LogP) is 6.33. The van der Waals surface area contributed by atoms with Gasteiger partial charge in [-0.15, -0.1) is 6.42 Å². The second-order valence-corrected chi connectivity index (χ2v) is 12.9. The van der Waals surface area contributed by atoms with Crippen molar-refractivity contribution in [3.63, 3.8) is 0 Å². The third-order valence-electron chi connectivity index (χ3n) is 6.72. The fourth-order valence-corrected chi connectivity index (χ4v) is 4.99. The fraction of sp³-hybridized carbons (Fsp3) is 0.500. The summed E-state index contributed by atoms with van der Waals surface area (Å²) in [4.78, 5) is 43.0. The molecule has 2 aromatic carbocycles. The molecule has 0 radical (unpaired) electrons. The Bertz CT molecular complexity index is 1190. The third kappa shape index (κ3) is 11.4. The molecule has 3 unspecified atom stereocenters. The lowest BCUT2D eigenvalue weighted by molar-refractivity contribution is -0.145. The molecule has 0 aliphatic rings. The molecule has 0 saturated heterocycles. The van der Waals surface area contributed by atoms with E-state index in [1.54, 1.807) is 61.7 Å². The Kier molecular flexibility index (Phi) is 14.0. The summed E-state index contributed by atoms with van der Waals surface area (Å²) in [6.07, 6.45) is 8.83. The Hall–Kier alpha value is -3.44. The van der Waals surface area contributed by atoms with Crippen molar-refractivity contribution in [2.75, 3.05) is 12.0 Å². The van der Waals surface area contributed by atoms with Crippen LogP contribution in [0.5, 0.6) is 0 Å².